The zero-order valence-electron chi connectivity index (χ0n) is 25.9. The molecule has 0 fully saturated rings. The minimum atomic E-state index is -4.46. The summed E-state index contributed by atoms with van der Waals surface area (Å²) in [6.45, 7) is 21.3. The maximum atomic E-state index is 12.4. The quantitative estimate of drug-likeness (QED) is 0.0292. The Morgan fingerprint density at radius 3 is 1.00 bits per heavy atom. The van der Waals surface area contributed by atoms with Crippen LogP contribution in [0.2, 0.25) is 0 Å². The third kappa shape index (κ3) is 18.1. The lowest BCUT2D eigenvalue weighted by molar-refractivity contribution is -0.186. The van der Waals surface area contributed by atoms with Crippen LogP contribution in [0.1, 0.15) is 119 Å². The van der Waals surface area contributed by atoms with Crippen molar-refractivity contribution in [3.8, 4) is 0 Å². The molecule has 0 aliphatic rings. The van der Waals surface area contributed by atoms with Gasteiger partial charge in [-0.05, 0) is 40.0 Å². The van der Waals surface area contributed by atoms with E-state index in [2.05, 4.69) is 19.7 Å². The first-order valence-corrected chi connectivity index (χ1v) is 16.0. The molecule has 3 atom stereocenters. The number of rotatable bonds is 24. The smallest absolute Gasteiger partial charge is 0.428 e. The second-order valence-electron chi connectivity index (χ2n) is 10.1. The van der Waals surface area contributed by atoms with Gasteiger partial charge in [0.2, 0.25) is 0 Å². The zero-order valence-corrected chi connectivity index (χ0v) is 26.8. The lowest BCUT2D eigenvalue weighted by Gasteiger charge is -2.26. The standard InChI is InChI=1S/C30H52O10P/c1-10-13-16-19-25(35-28(31)22(4)5)38-41(34,39-26(20-17-14-11-2)36-29(32)23(6)7)40-27(21-18-15-12-3)37-30(33)24(8)9/h25-27,34H,4,6,8,10-21H2,1-3,5,7,9H3/q+1. The zero-order chi connectivity index (χ0) is 31.4. The van der Waals surface area contributed by atoms with Crippen LogP contribution < -0.4 is 0 Å². The van der Waals surface area contributed by atoms with Gasteiger partial charge in [-0.1, -0.05) is 79.0 Å². The monoisotopic (exact) mass is 603 g/mol. The summed E-state index contributed by atoms with van der Waals surface area (Å²) in [4.78, 5) is 48.9. The molecule has 236 valence electrons. The van der Waals surface area contributed by atoms with Crippen LogP contribution in [-0.4, -0.2) is 41.7 Å². The highest BCUT2D eigenvalue weighted by Gasteiger charge is 2.54. The molecule has 41 heavy (non-hydrogen) atoms. The largest absolute Gasteiger partial charge is 0.584 e. The number of unbranched alkanes of at least 4 members (excludes halogenated alkanes) is 6. The predicted octanol–water partition coefficient (Wildman–Crippen LogP) is 7.78. The van der Waals surface area contributed by atoms with Crippen LogP contribution in [0.5, 0.6) is 0 Å². The van der Waals surface area contributed by atoms with E-state index in [1.807, 2.05) is 20.8 Å². The van der Waals surface area contributed by atoms with Gasteiger partial charge >= 0.3 is 26.1 Å². The molecule has 0 rings (SSSR count). The van der Waals surface area contributed by atoms with Crippen molar-refractivity contribution in [2.75, 3.05) is 0 Å². The predicted molar refractivity (Wildman–Crippen MR) is 159 cm³/mol. The first-order chi connectivity index (χ1) is 19.3. The van der Waals surface area contributed by atoms with Crippen LogP contribution in [0.25, 0.3) is 0 Å². The maximum Gasteiger partial charge on any atom is 0.584 e. The average Bonchev–Trinajstić information content (AvgIpc) is 2.88. The van der Waals surface area contributed by atoms with Gasteiger partial charge in [-0.25, -0.2) is 14.4 Å². The molecule has 0 aliphatic carbocycles. The summed E-state index contributed by atoms with van der Waals surface area (Å²) in [6, 6.07) is 0. The van der Waals surface area contributed by atoms with Gasteiger partial charge < -0.3 is 14.2 Å². The maximum absolute atomic E-state index is 12.4. The van der Waals surface area contributed by atoms with Crippen molar-refractivity contribution < 1.29 is 47.1 Å². The van der Waals surface area contributed by atoms with Crippen LogP contribution in [0.4, 0.5) is 0 Å². The summed E-state index contributed by atoms with van der Waals surface area (Å²) >= 11 is 0. The summed E-state index contributed by atoms with van der Waals surface area (Å²) in [5.41, 5.74) is 0.412. The summed E-state index contributed by atoms with van der Waals surface area (Å²) in [5, 5.41) is 0. The minimum absolute atomic E-state index is 0.137. The van der Waals surface area contributed by atoms with E-state index >= 15 is 0 Å². The highest BCUT2D eigenvalue weighted by Crippen LogP contribution is 2.62. The molecule has 11 heteroatoms. The van der Waals surface area contributed by atoms with Crippen LogP contribution in [0.3, 0.4) is 0 Å². The van der Waals surface area contributed by atoms with Crippen molar-refractivity contribution >= 4 is 26.1 Å². The Labute approximate surface area is 247 Å². The second kappa shape index (κ2) is 21.6. The highest BCUT2D eigenvalue weighted by atomic mass is 31.2. The number of hydrogen-bond acceptors (Lipinski definition) is 10. The summed E-state index contributed by atoms with van der Waals surface area (Å²) in [7, 11) is -4.46. The average molecular weight is 604 g/mol. The van der Waals surface area contributed by atoms with E-state index in [1.54, 1.807) is 0 Å². The molecule has 0 saturated heterocycles. The molecular formula is C30H52O10P+. The molecule has 10 nitrogen and oxygen atoms in total. The fourth-order valence-corrected chi connectivity index (χ4v) is 4.75. The Morgan fingerprint density at radius 2 is 0.805 bits per heavy atom. The van der Waals surface area contributed by atoms with Gasteiger partial charge in [-0.15, -0.1) is 13.6 Å². The van der Waals surface area contributed by atoms with Gasteiger partial charge in [0.1, 0.15) is 0 Å². The molecule has 0 radical (unpaired) electrons. The molecule has 0 saturated carbocycles. The van der Waals surface area contributed by atoms with Crippen LogP contribution in [-0.2, 0) is 42.2 Å². The van der Waals surface area contributed by atoms with E-state index in [0.717, 1.165) is 38.5 Å². The van der Waals surface area contributed by atoms with Gasteiger partial charge in [0.05, 0.1) is 0 Å². The number of esters is 3. The normalized spacial score (nSPS) is 14.7. The summed E-state index contributed by atoms with van der Waals surface area (Å²) in [5.74, 6) is -2.17. The third-order valence-corrected chi connectivity index (χ3v) is 7.15. The number of hydrogen-bond donors (Lipinski definition) is 1. The van der Waals surface area contributed by atoms with E-state index in [1.165, 1.54) is 20.8 Å². The van der Waals surface area contributed by atoms with Crippen molar-refractivity contribution in [1.29, 1.82) is 0 Å². The lowest BCUT2D eigenvalue weighted by atomic mass is 10.2. The SMILES string of the molecule is C=C(C)C(=O)OC(CCCCC)O[P+](O)(OC(CCCCC)OC(=O)C(=C)C)OC(CCCCC)OC(=O)C(=C)C. The number of carbonyl (C=O) groups is 3. The van der Waals surface area contributed by atoms with E-state index in [4.69, 9.17) is 27.8 Å². The molecule has 0 aromatic heterocycles. The highest BCUT2D eigenvalue weighted by molar-refractivity contribution is 7.55. The van der Waals surface area contributed by atoms with Gasteiger partial charge in [-0.2, -0.15) is 4.89 Å². The molecule has 0 aromatic rings. The number of ether oxygens (including phenoxy) is 3. The molecule has 0 amide bonds. The second-order valence-corrected chi connectivity index (χ2v) is 11.7. The first-order valence-electron chi connectivity index (χ1n) is 14.5. The van der Waals surface area contributed by atoms with Crippen molar-refractivity contribution in [1.82, 2.24) is 0 Å². The molecule has 3 unspecified atom stereocenters. The molecule has 0 heterocycles. The van der Waals surface area contributed by atoms with E-state index in [0.29, 0.717) is 19.3 Å². The molecule has 0 aliphatic heterocycles. The van der Waals surface area contributed by atoms with Crippen LogP contribution in [0.15, 0.2) is 36.5 Å². The van der Waals surface area contributed by atoms with Gasteiger partial charge in [0.25, 0.3) is 18.9 Å². The van der Waals surface area contributed by atoms with Crippen molar-refractivity contribution in [3.05, 3.63) is 36.5 Å². The molecular weight excluding hydrogens is 551 g/mol. The topological polar surface area (TPSA) is 127 Å². The van der Waals surface area contributed by atoms with Gasteiger partial charge in [0.15, 0.2) is 0 Å². The number of carbonyl (C=O) groups excluding carboxylic acids is 3. The van der Waals surface area contributed by atoms with Crippen molar-refractivity contribution in [2.45, 2.75) is 137 Å². The lowest BCUT2D eigenvalue weighted by Crippen LogP contribution is -2.31. The van der Waals surface area contributed by atoms with Crippen molar-refractivity contribution in [2.24, 2.45) is 0 Å². The van der Waals surface area contributed by atoms with Crippen molar-refractivity contribution in [3.63, 3.8) is 0 Å². The van der Waals surface area contributed by atoms with E-state index < -0.39 is 44.9 Å². The molecule has 1 N–H and O–H groups in total. The Hall–Kier alpha value is -2.10. The Morgan fingerprint density at radius 1 is 0.561 bits per heavy atom. The molecule has 0 aromatic carbocycles. The fraction of sp³-hybridized carbons (Fsp3) is 0.700. The summed E-state index contributed by atoms with van der Waals surface area (Å²) in [6.07, 6.45) is 3.79. The Bertz CT molecular complexity index is 749. The van der Waals surface area contributed by atoms with E-state index in [9.17, 15) is 19.3 Å². The minimum Gasteiger partial charge on any atom is -0.428 e. The van der Waals surface area contributed by atoms with Crippen LogP contribution in [0, 0.1) is 0 Å². The molecule has 0 spiro atoms. The Balaban J connectivity index is 6.39. The fourth-order valence-electron chi connectivity index (χ4n) is 3.26. The Kier molecular flexibility index (Phi) is 20.5. The van der Waals surface area contributed by atoms with Gasteiger partial charge in [0, 0.05) is 36.0 Å². The summed E-state index contributed by atoms with van der Waals surface area (Å²) < 4.78 is 34.0. The first kappa shape index (κ1) is 38.9. The van der Waals surface area contributed by atoms with E-state index in [-0.39, 0.29) is 36.0 Å². The van der Waals surface area contributed by atoms with Gasteiger partial charge in [-0.3, -0.25) is 0 Å². The van der Waals surface area contributed by atoms with Crippen LogP contribution >= 0.6 is 8.17 Å². The third-order valence-electron chi connectivity index (χ3n) is 5.64. The molecule has 0 bridgehead atoms.